The van der Waals surface area contributed by atoms with Crippen molar-refractivity contribution in [1.82, 2.24) is 9.78 Å². The lowest BCUT2D eigenvalue weighted by atomic mass is 10.2. The van der Waals surface area contributed by atoms with Crippen LogP contribution in [0.4, 0.5) is 5.69 Å². The zero-order chi connectivity index (χ0) is 12.5. The van der Waals surface area contributed by atoms with Crippen molar-refractivity contribution in [2.75, 3.05) is 0 Å². The zero-order valence-electron chi connectivity index (χ0n) is 9.30. The van der Waals surface area contributed by atoms with E-state index in [2.05, 4.69) is 5.10 Å². The first-order valence-corrected chi connectivity index (χ1v) is 4.83. The Morgan fingerprint density at radius 2 is 2.19 bits per heavy atom. The fourth-order valence-corrected chi connectivity index (χ4v) is 1.67. The average Bonchev–Trinajstić information content (AvgIpc) is 2.42. The van der Waals surface area contributed by atoms with Gasteiger partial charge in [0.25, 0.3) is 0 Å². The molecule has 0 amide bonds. The summed E-state index contributed by atoms with van der Waals surface area (Å²) in [5.41, 5.74) is 0.402. The number of nitrogens with zero attached hydrogens (tertiary/aromatic N) is 3. The van der Waals surface area contributed by atoms with Gasteiger partial charge in [0.15, 0.2) is 0 Å². The number of rotatable bonds is 4. The zero-order valence-corrected chi connectivity index (χ0v) is 9.30. The van der Waals surface area contributed by atoms with E-state index in [9.17, 15) is 14.9 Å². The van der Waals surface area contributed by atoms with Crippen molar-refractivity contribution < 1.29 is 14.8 Å². The Morgan fingerprint density at radius 1 is 1.62 bits per heavy atom. The summed E-state index contributed by atoms with van der Waals surface area (Å²) in [4.78, 5) is 21.1. The van der Waals surface area contributed by atoms with Gasteiger partial charge in [-0.2, -0.15) is 5.10 Å². The molecule has 0 aliphatic carbocycles. The van der Waals surface area contributed by atoms with E-state index in [1.807, 2.05) is 0 Å². The van der Waals surface area contributed by atoms with Crippen LogP contribution in [0.2, 0.25) is 0 Å². The molecule has 1 N–H and O–H groups in total. The lowest BCUT2D eigenvalue weighted by molar-refractivity contribution is -0.386. The van der Waals surface area contributed by atoms with Crippen LogP contribution >= 0.6 is 0 Å². The van der Waals surface area contributed by atoms with Crippen LogP contribution in [0.15, 0.2) is 0 Å². The third-order valence-electron chi connectivity index (χ3n) is 2.44. The summed E-state index contributed by atoms with van der Waals surface area (Å²) in [7, 11) is 0. The number of carbonyl (C=O) groups is 1. The first kappa shape index (κ1) is 12.2. The quantitative estimate of drug-likeness (QED) is 0.619. The minimum atomic E-state index is -1.04. The molecule has 1 rings (SSSR count). The van der Waals surface area contributed by atoms with Gasteiger partial charge in [0.05, 0.1) is 4.92 Å². The van der Waals surface area contributed by atoms with E-state index < -0.39 is 16.9 Å². The summed E-state index contributed by atoms with van der Waals surface area (Å²) in [6.07, 6.45) is 0.328. The number of hydrogen-bond donors (Lipinski definition) is 1. The maximum Gasteiger partial charge on any atom is 0.328 e. The fraction of sp³-hybridized carbons (Fsp3) is 0.556. The minimum Gasteiger partial charge on any atom is -0.480 e. The van der Waals surface area contributed by atoms with Gasteiger partial charge >= 0.3 is 11.7 Å². The molecule has 0 aromatic carbocycles. The van der Waals surface area contributed by atoms with Gasteiger partial charge in [-0.25, -0.2) is 9.48 Å². The van der Waals surface area contributed by atoms with Gasteiger partial charge in [-0.05, 0) is 20.3 Å². The Morgan fingerprint density at radius 3 is 2.50 bits per heavy atom. The number of aliphatic carboxylic acids is 1. The van der Waals surface area contributed by atoms with Crippen LogP contribution in [0.25, 0.3) is 0 Å². The molecule has 1 aromatic rings. The SMILES string of the molecule is CCC(C(=O)O)n1nc(C)c([N+](=O)[O-])c1C. The first-order valence-electron chi connectivity index (χ1n) is 4.83. The second kappa shape index (κ2) is 4.30. The molecule has 0 spiro atoms. The molecule has 1 unspecified atom stereocenters. The van der Waals surface area contributed by atoms with Crippen molar-refractivity contribution in [2.45, 2.75) is 33.2 Å². The Balaban J connectivity index is 3.31. The average molecular weight is 227 g/mol. The molecule has 0 aliphatic rings. The van der Waals surface area contributed by atoms with E-state index in [1.165, 1.54) is 18.5 Å². The molecule has 1 atom stereocenters. The Bertz CT molecular complexity index is 438. The summed E-state index contributed by atoms with van der Waals surface area (Å²) < 4.78 is 1.20. The van der Waals surface area contributed by atoms with Crippen molar-refractivity contribution in [3.8, 4) is 0 Å². The fourth-order valence-electron chi connectivity index (χ4n) is 1.67. The number of carboxylic acids is 1. The summed E-state index contributed by atoms with van der Waals surface area (Å²) in [5.74, 6) is -1.04. The van der Waals surface area contributed by atoms with Crippen LogP contribution in [0.1, 0.15) is 30.8 Å². The normalized spacial score (nSPS) is 12.4. The molecule has 0 fully saturated rings. The monoisotopic (exact) mass is 227 g/mol. The van der Waals surface area contributed by atoms with Crippen LogP contribution in [0.3, 0.4) is 0 Å². The summed E-state index contributed by atoms with van der Waals surface area (Å²) in [6, 6.07) is -0.854. The lowest BCUT2D eigenvalue weighted by Gasteiger charge is -2.11. The van der Waals surface area contributed by atoms with Crippen molar-refractivity contribution in [2.24, 2.45) is 0 Å². The highest BCUT2D eigenvalue weighted by Crippen LogP contribution is 2.25. The van der Waals surface area contributed by atoms with Crippen molar-refractivity contribution in [3.05, 3.63) is 21.5 Å². The van der Waals surface area contributed by atoms with E-state index in [0.717, 1.165) is 0 Å². The van der Waals surface area contributed by atoms with Crippen LogP contribution in [0, 0.1) is 24.0 Å². The lowest BCUT2D eigenvalue weighted by Crippen LogP contribution is -2.20. The number of carboxylic acid groups (broad SMARTS) is 1. The topological polar surface area (TPSA) is 98.3 Å². The van der Waals surface area contributed by atoms with Crippen LogP contribution in [0.5, 0.6) is 0 Å². The predicted octanol–water partition coefficient (Wildman–Crippen LogP) is 1.44. The Kier molecular flexibility index (Phi) is 3.26. The number of nitro groups is 1. The first-order chi connectivity index (χ1) is 7.40. The second-order valence-corrected chi connectivity index (χ2v) is 3.48. The molecule has 0 saturated heterocycles. The van der Waals surface area contributed by atoms with Gasteiger partial charge in [0.2, 0.25) is 0 Å². The largest absolute Gasteiger partial charge is 0.480 e. The van der Waals surface area contributed by atoms with Crippen LogP contribution < -0.4 is 0 Å². The van der Waals surface area contributed by atoms with Gasteiger partial charge in [-0.15, -0.1) is 0 Å². The van der Waals surface area contributed by atoms with Crippen molar-refractivity contribution in [3.63, 3.8) is 0 Å². The Hall–Kier alpha value is -1.92. The predicted molar refractivity (Wildman–Crippen MR) is 55.3 cm³/mol. The molecule has 16 heavy (non-hydrogen) atoms. The Labute approximate surface area is 91.8 Å². The van der Waals surface area contributed by atoms with Gasteiger partial charge in [0.1, 0.15) is 17.4 Å². The van der Waals surface area contributed by atoms with Gasteiger partial charge in [0, 0.05) is 0 Å². The molecule has 1 heterocycles. The third-order valence-corrected chi connectivity index (χ3v) is 2.44. The molecule has 88 valence electrons. The number of hydrogen-bond acceptors (Lipinski definition) is 4. The van der Waals surface area contributed by atoms with E-state index in [0.29, 0.717) is 6.42 Å². The van der Waals surface area contributed by atoms with E-state index in [1.54, 1.807) is 6.92 Å². The molecule has 7 heteroatoms. The molecule has 1 aromatic heterocycles. The number of aromatic nitrogens is 2. The van der Waals surface area contributed by atoms with E-state index >= 15 is 0 Å². The molecular formula is C9H13N3O4. The van der Waals surface area contributed by atoms with Crippen molar-refractivity contribution in [1.29, 1.82) is 0 Å². The van der Waals surface area contributed by atoms with Gasteiger partial charge in [-0.1, -0.05) is 6.92 Å². The standard InChI is InChI=1S/C9H13N3O4/c1-4-7(9(13)14)11-6(3)8(12(15)16)5(2)10-11/h7H,4H2,1-3H3,(H,13,14). The van der Waals surface area contributed by atoms with E-state index in [4.69, 9.17) is 5.11 Å². The summed E-state index contributed by atoms with van der Waals surface area (Å²) in [6.45, 7) is 4.70. The smallest absolute Gasteiger partial charge is 0.328 e. The van der Waals surface area contributed by atoms with Crippen molar-refractivity contribution >= 4 is 11.7 Å². The summed E-state index contributed by atoms with van der Waals surface area (Å²) >= 11 is 0. The molecule has 0 radical (unpaired) electrons. The molecule has 0 bridgehead atoms. The van der Waals surface area contributed by atoms with Crippen LogP contribution in [-0.4, -0.2) is 25.8 Å². The highest BCUT2D eigenvalue weighted by atomic mass is 16.6. The maximum absolute atomic E-state index is 10.9. The third kappa shape index (κ3) is 1.88. The van der Waals surface area contributed by atoms with Crippen LogP contribution in [-0.2, 0) is 4.79 Å². The summed E-state index contributed by atoms with van der Waals surface area (Å²) in [5, 5.41) is 23.6. The van der Waals surface area contributed by atoms with E-state index in [-0.39, 0.29) is 17.1 Å². The molecule has 0 aliphatic heterocycles. The van der Waals surface area contributed by atoms with Gasteiger partial charge < -0.3 is 5.11 Å². The highest BCUT2D eigenvalue weighted by molar-refractivity contribution is 5.72. The minimum absolute atomic E-state index is 0.111. The molecular weight excluding hydrogens is 214 g/mol. The highest BCUT2D eigenvalue weighted by Gasteiger charge is 2.28. The van der Waals surface area contributed by atoms with Gasteiger partial charge in [-0.3, -0.25) is 10.1 Å². The molecule has 7 nitrogen and oxygen atoms in total. The molecule has 0 saturated carbocycles. The number of aryl methyl sites for hydroxylation is 1. The maximum atomic E-state index is 10.9. The second-order valence-electron chi connectivity index (χ2n) is 3.48.